The molecule has 0 amide bonds. The number of carboxylic acid groups (broad SMARTS) is 1. The van der Waals surface area contributed by atoms with Gasteiger partial charge in [-0.25, -0.2) is 13.2 Å². The largest absolute Gasteiger partial charge is 0.478 e. The van der Waals surface area contributed by atoms with Crippen LogP contribution in [0, 0.1) is 0 Å². The van der Waals surface area contributed by atoms with Gasteiger partial charge in [-0.15, -0.1) is 0 Å². The predicted octanol–water partition coefficient (Wildman–Crippen LogP) is 1.31. The SMILES string of the molecule is O=C(O)c1ccccc1S(=O)(=O)Cl. The lowest BCUT2D eigenvalue weighted by molar-refractivity contribution is 0.0692. The third-order valence-electron chi connectivity index (χ3n) is 1.38. The minimum absolute atomic E-state index is 0.322. The van der Waals surface area contributed by atoms with Crippen LogP contribution in [0.5, 0.6) is 0 Å². The van der Waals surface area contributed by atoms with Crippen LogP contribution in [0.25, 0.3) is 0 Å². The van der Waals surface area contributed by atoms with E-state index < -0.39 is 15.0 Å². The summed E-state index contributed by atoms with van der Waals surface area (Å²) in [5.74, 6) is -1.32. The molecule has 0 saturated heterocycles. The maximum absolute atomic E-state index is 10.9. The Bertz CT molecular complexity index is 438. The van der Waals surface area contributed by atoms with Crippen LogP contribution in [-0.2, 0) is 9.05 Å². The van der Waals surface area contributed by atoms with Gasteiger partial charge >= 0.3 is 5.97 Å². The number of carbonyl (C=O) groups is 1. The highest BCUT2D eigenvalue weighted by Crippen LogP contribution is 2.19. The monoisotopic (exact) mass is 220 g/mol. The number of rotatable bonds is 2. The first-order chi connectivity index (χ1) is 5.93. The zero-order valence-corrected chi connectivity index (χ0v) is 7.84. The highest BCUT2D eigenvalue weighted by molar-refractivity contribution is 8.13. The number of hydrogen-bond acceptors (Lipinski definition) is 3. The van der Waals surface area contributed by atoms with E-state index in [-0.39, 0.29) is 10.5 Å². The molecule has 1 aromatic carbocycles. The first-order valence-electron chi connectivity index (χ1n) is 3.20. The van der Waals surface area contributed by atoms with Crippen molar-refractivity contribution in [2.24, 2.45) is 0 Å². The summed E-state index contributed by atoms with van der Waals surface area (Å²) < 4.78 is 21.7. The van der Waals surface area contributed by atoms with Crippen molar-refractivity contribution in [2.45, 2.75) is 4.90 Å². The third-order valence-corrected chi connectivity index (χ3v) is 2.76. The van der Waals surface area contributed by atoms with Crippen LogP contribution < -0.4 is 0 Å². The Morgan fingerprint density at radius 2 is 1.85 bits per heavy atom. The second-order valence-corrected chi connectivity index (χ2v) is 4.77. The lowest BCUT2D eigenvalue weighted by Crippen LogP contribution is -2.03. The van der Waals surface area contributed by atoms with Gasteiger partial charge in [0.25, 0.3) is 9.05 Å². The van der Waals surface area contributed by atoms with E-state index in [1.807, 2.05) is 0 Å². The molecule has 13 heavy (non-hydrogen) atoms. The third kappa shape index (κ3) is 2.19. The predicted molar refractivity (Wildman–Crippen MR) is 46.4 cm³/mol. The number of aromatic carboxylic acids is 1. The van der Waals surface area contributed by atoms with E-state index in [4.69, 9.17) is 15.8 Å². The maximum atomic E-state index is 10.9. The minimum Gasteiger partial charge on any atom is -0.478 e. The second-order valence-electron chi connectivity index (χ2n) is 2.24. The van der Waals surface area contributed by atoms with Gasteiger partial charge in [0.1, 0.15) is 0 Å². The molecule has 70 valence electrons. The van der Waals surface area contributed by atoms with Crippen LogP contribution in [0.1, 0.15) is 10.4 Å². The molecule has 0 unspecified atom stereocenters. The van der Waals surface area contributed by atoms with Gasteiger partial charge in [0.05, 0.1) is 10.5 Å². The highest BCUT2D eigenvalue weighted by Gasteiger charge is 2.18. The molecule has 6 heteroatoms. The summed E-state index contributed by atoms with van der Waals surface area (Å²) in [7, 11) is 1.03. The fourth-order valence-corrected chi connectivity index (χ4v) is 1.92. The van der Waals surface area contributed by atoms with Gasteiger partial charge < -0.3 is 5.11 Å². The quantitative estimate of drug-likeness (QED) is 0.763. The Morgan fingerprint density at radius 1 is 1.31 bits per heavy atom. The molecule has 0 spiro atoms. The molecule has 0 aromatic heterocycles. The average Bonchev–Trinajstić information content (AvgIpc) is 2.03. The smallest absolute Gasteiger partial charge is 0.337 e. The van der Waals surface area contributed by atoms with E-state index in [1.54, 1.807) is 0 Å². The van der Waals surface area contributed by atoms with Crippen LogP contribution >= 0.6 is 10.7 Å². The van der Waals surface area contributed by atoms with Crippen molar-refractivity contribution in [2.75, 3.05) is 0 Å². The summed E-state index contributed by atoms with van der Waals surface area (Å²) in [5, 5.41) is 8.61. The van der Waals surface area contributed by atoms with Crippen molar-refractivity contribution in [3.05, 3.63) is 29.8 Å². The average molecular weight is 221 g/mol. The van der Waals surface area contributed by atoms with Crippen LogP contribution in [-0.4, -0.2) is 19.5 Å². The molecule has 0 heterocycles. The number of halogens is 1. The summed E-state index contributed by atoms with van der Waals surface area (Å²) >= 11 is 0. The van der Waals surface area contributed by atoms with E-state index in [1.165, 1.54) is 18.2 Å². The molecule has 0 bridgehead atoms. The van der Waals surface area contributed by atoms with Crippen molar-refractivity contribution in [3.8, 4) is 0 Å². The molecule has 4 nitrogen and oxygen atoms in total. The van der Waals surface area contributed by atoms with Crippen molar-refractivity contribution in [1.29, 1.82) is 0 Å². The van der Waals surface area contributed by atoms with Gasteiger partial charge in [-0.05, 0) is 12.1 Å². The summed E-state index contributed by atoms with van der Waals surface area (Å²) in [6.07, 6.45) is 0. The number of carboxylic acids is 1. The summed E-state index contributed by atoms with van der Waals surface area (Å²) in [6.45, 7) is 0. The lowest BCUT2D eigenvalue weighted by atomic mass is 10.2. The van der Waals surface area contributed by atoms with Crippen LogP contribution in [0.2, 0.25) is 0 Å². The minimum atomic E-state index is -3.99. The first kappa shape index (κ1) is 10.0. The Morgan fingerprint density at radius 3 is 2.23 bits per heavy atom. The van der Waals surface area contributed by atoms with Crippen LogP contribution in [0.3, 0.4) is 0 Å². The molecule has 0 saturated carbocycles. The Kier molecular flexibility index (Phi) is 2.58. The molecule has 0 aliphatic rings. The van der Waals surface area contributed by atoms with Crippen molar-refractivity contribution in [1.82, 2.24) is 0 Å². The number of hydrogen-bond donors (Lipinski definition) is 1. The molecular formula is C7H5ClO4S. The first-order valence-corrected chi connectivity index (χ1v) is 5.51. The molecule has 0 radical (unpaired) electrons. The van der Waals surface area contributed by atoms with Gasteiger partial charge in [0.2, 0.25) is 0 Å². The summed E-state index contributed by atoms with van der Waals surface area (Å²) in [6, 6.07) is 5.15. The van der Waals surface area contributed by atoms with E-state index in [0.717, 1.165) is 6.07 Å². The standard InChI is InChI=1S/C7H5ClO4S/c8-13(11,12)6-4-2-1-3-5(6)7(9)10/h1-4H,(H,9,10). The van der Waals surface area contributed by atoms with Gasteiger partial charge in [-0.1, -0.05) is 12.1 Å². The fraction of sp³-hybridized carbons (Fsp3) is 0. The molecule has 0 atom stereocenters. The Labute approximate surface area is 79.2 Å². The van der Waals surface area contributed by atoms with Gasteiger partial charge in [0, 0.05) is 10.7 Å². The van der Waals surface area contributed by atoms with Crippen molar-refractivity contribution >= 4 is 25.7 Å². The van der Waals surface area contributed by atoms with E-state index in [0.29, 0.717) is 0 Å². The lowest BCUT2D eigenvalue weighted by Gasteiger charge is -1.99. The molecular weight excluding hydrogens is 216 g/mol. The molecule has 1 aromatic rings. The Balaban J connectivity index is 3.46. The van der Waals surface area contributed by atoms with E-state index >= 15 is 0 Å². The Hall–Kier alpha value is -1.07. The van der Waals surface area contributed by atoms with Crippen LogP contribution in [0.4, 0.5) is 0 Å². The maximum Gasteiger partial charge on any atom is 0.337 e. The van der Waals surface area contributed by atoms with Gasteiger partial charge in [0.15, 0.2) is 0 Å². The molecule has 1 rings (SSSR count). The van der Waals surface area contributed by atoms with Gasteiger partial charge in [-0.3, -0.25) is 0 Å². The molecule has 0 aliphatic carbocycles. The summed E-state index contributed by atoms with van der Waals surface area (Å²) in [4.78, 5) is 10.2. The van der Waals surface area contributed by atoms with Crippen molar-refractivity contribution in [3.63, 3.8) is 0 Å². The highest BCUT2D eigenvalue weighted by atomic mass is 35.7. The zero-order valence-electron chi connectivity index (χ0n) is 6.27. The fourth-order valence-electron chi connectivity index (χ4n) is 0.856. The second kappa shape index (κ2) is 3.35. The van der Waals surface area contributed by atoms with Crippen molar-refractivity contribution < 1.29 is 18.3 Å². The normalized spacial score (nSPS) is 11.2. The molecule has 0 aliphatic heterocycles. The van der Waals surface area contributed by atoms with Gasteiger partial charge in [-0.2, -0.15) is 0 Å². The van der Waals surface area contributed by atoms with E-state index in [2.05, 4.69) is 0 Å². The topological polar surface area (TPSA) is 71.4 Å². The molecule has 1 N–H and O–H groups in total. The zero-order chi connectivity index (χ0) is 10.1. The van der Waals surface area contributed by atoms with Crippen LogP contribution in [0.15, 0.2) is 29.2 Å². The number of benzene rings is 1. The summed E-state index contributed by atoms with van der Waals surface area (Å²) in [5.41, 5.74) is -0.322. The molecule has 0 fully saturated rings. The van der Waals surface area contributed by atoms with E-state index in [9.17, 15) is 13.2 Å².